The van der Waals surface area contributed by atoms with Crippen LogP contribution in [0.3, 0.4) is 0 Å². The van der Waals surface area contributed by atoms with E-state index in [9.17, 15) is 18.0 Å². The van der Waals surface area contributed by atoms with Crippen molar-refractivity contribution in [2.24, 2.45) is 5.10 Å². The minimum atomic E-state index is -3.78. The highest BCUT2D eigenvalue weighted by atomic mass is 32.2. The predicted octanol–water partition coefficient (Wildman–Crippen LogP) is 2.10. The summed E-state index contributed by atoms with van der Waals surface area (Å²) in [7, 11) is -3.78. The van der Waals surface area contributed by atoms with Gasteiger partial charge in [0.15, 0.2) is 9.84 Å². The highest BCUT2D eigenvalue weighted by Crippen LogP contribution is 2.18. The van der Waals surface area contributed by atoms with Gasteiger partial charge in [0.05, 0.1) is 4.90 Å². The summed E-state index contributed by atoms with van der Waals surface area (Å²) in [4.78, 5) is 31.3. The van der Waals surface area contributed by atoms with Crippen LogP contribution in [-0.2, 0) is 14.6 Å². The van der Waals surface area contributed by atoms with Crippen molar-refractivity contribution in [3.63, 3.8) is 0 Å². The molecular weight excluding hydrogens is 426 g/mol. The molecule has 154 valence electrons. The molecular formula is C19H17N5O4S2. The summed E-state index contributed by atoms with van der Waals surface area (Å²) in [6.07, 6.45) is 4.46. The third kappa shape index (κ3) is 5.55. The van der Waals surface area contributed by atoms with Crippen molar-refractivity contribution < 1.29 is 18.0 Å². The number of aromatic nitrogens is 2. The number of sulfone groups is 1. The number of anilines is 1. The van der Waals surface area contributed by atoms with Gasteiger partial charge in [-0.1, -0.05) is 0 Å². The van der Waals surface area contributed by atoms with Crippen molar-refractivity contribution >= 4 is 44.4 Å². The van der Waals surface area contributed by atoms with E-state index in [1.807, 2.05) is 0 Å². The van der Waals surface area contributed by atoms with E-state index in [1.165, 1.54) is 73.2 Å². The number of carbonyl (C=O) groups is 2. The fourth-order valence-electron chi connectivity index (χ4n) is 2.41. The Morgan fingerprint density at radius 3 is 2.37 bits per heavy atom. The van der Waals surface area contributed by atoms with Gasteiger partial charge in [-0.25, -0.2) is 18.8 Å². The summed E-state index contributed by atoms with van der Waals surface area (Å²) in [5.74, 6) is -1.21. The lowest BCUT2D eigenvalue weighted by atomic mass is 10.3. The van der Waals surface area contributed by atoms with Crippen molar-refractivity contribution in [3.05, 3.63) is 70.9 Å². The summed E-state index contributed by atoms with van der Waals surface area (Å²) < 4.78 is 25.7. The van der Waals surface area contributed by atoms with Crippen LogP contribution in [0.15, 0.2) is 70.4 Å². The van der Waals surface area contributed by atoms with E-state index in [1.54, 1.807) is 5.38 Å². The molecule has 0 spiro atoms. The second kappa shape index (κ2) is 9.37. The molecule has 3 rings (SSSR count). The summed E-state index contributed by atoms with van der Waals surface area (Å²) in [5.41, 5.74) is 3.30. The van der Waals surface area contributed by atoms with Gasteiger partial charge in [0.25, 0.3) is 5.91 Å². The molecule has 0 aliphatic heterocycles. The van der Waals surface area contributed by atoms with Crippen LogP contribution >= 0.6 is 11.3 Å². The normalized spacial score (nSPS) is 11.7. The minimum absolute atomic E-state index is 0.0568. The largest absolute Gasteiger partial charge is 0.326 e. The van der Waals surface area contributed by atoms with Crippen LogP contribution < -0.4 is 10.7 Å². The van der Waals surface area contributed by atoms with Gasteiger partial charge < -0.3 is 5.32 Å². The molecule has 9 nitrogen and oxygen atoms in total. The SMILES string of the molecule is CC(=O)Nc1ccc(S(=O)(=O)C/C(=N/NC(=O)c2ccncc2)c2nccs2)cc1. The maximum absolute atomic E-state index is 12.9. The number of benzene rings is 1. The number of nitrogens with zero attached hydrogens (tertiary/aromatic N) is 3. The number of carbonyl (C=O) groups excluding carboxylic acids is 2. The lowest BCUT2D eigenvalue weighted by Crippen LogP contribution is -2.24. The first-order valence-corrected chi connectivity index (χ1v) is 11.2. The van der Waals surface area contributed by atoms with E-state index >= 15 is 0 Å². The molecule has 1 aromatic carbocycles. The van der Waals surface area contributed by atoms with Gasteiger partial charge in [-0.2, -0.15) is 5.10 Å². The second-order valence-corrected chi connectivity index (χ2v) is 8.92. The number of amides is 2. The lowest BCUT2D eigenvalue weighted by molar-refractivity contribution is -0.114. The number of pyridine rings is 1. The quantitative estimate of drug-likeness (QED) is 0.425. The summed E-state index contributed by atoms with van der Waals surface area (Å²) in [5, 5.41) is 8.66. The van der Waals surface area contributed by atoms with Crippen molar-refractivity contribution in [1.82, 2.24) is 15.4 Å². The van der Waals surface area contributed by atoms with Gasteiger partial charge in [-0.3, -0.25) is 14.6 Å². The number of hydrogen-bond acceptors (Lipinski definition) is 8. The Labute approximate surface area is 176 Å². The Morgan fingerprint density at radius 2 is 1.77 bits per heavy atom. The molecule has 3 aromatic rings. The van der Waals surface area contributed by atoms with Crippen molar-refractivity contribution in [2.75, 3.05) is 11.1 Å². The summed E-state index contributed by atoms with van der Waals surface area (Å²) in [6, 6.07) is 8.83. The van der Waals surface area contributed by atoms with Crippen LogP contribution in [0.2, 0.25) is 0 Å². The first kappa shape index (κ1) is 21.3. The highest BCUT2D eigenvalue weighted by molar-refractivity contribution is 7.92. The van der Waals surface area contributed by atoms with Crippen LogP contribution in [-0.4, -0.2) is 41.7 Å². The smallest absolute Gasteiger partial charge is 0.271 e. The Hall–Kier alpha value is -3.44. The average Bonchev–Trinajstić information content (AvgIpc) is 3.26. The third-order valence-corrected chi connectivity index (χ3v) is 6.24. The molecule has 0 bridgehead atoms. The molecule has 0 unspecified atom stereocenters. The molecule has 2 amide bonds. The van der Waals surface area contributed by atoms with E-state index in [2.05, 4.69) is 25.8 Å². The first-order chi connectivity index (χ1) is 14.3. The number of thiazole rings is 1. The third-order valence-electron chi connectivity index (χ3n) is 3.77. The van der Waals surface area contributed by atoms with Gasteiger partial charge in [0.2, 0.25) is 5.91 Å². The second-order valence-electron chi connectivity index (χ2n) is 6.04. The van der Waals surface area contributed by atoms with Crippen LogP contribution in [0.5, 0.6) is 0 Å². The molecule has 11 heteroatoms. The topological polar surface area (TPSA) is 130 Å². The molecule has 0 aliphatic carbocycles. The number of hydrogen-bond donors (Lipinski definition) is 2. The molecule has 0 radical (unpaired) electrons. The van der Waals surface area contributed by atoms with Crippen LogP contribution in [0.4, 0.5) is 5.69 Å². The van der Waals surface area contributed by atoms with Crippen LogP contribution in [0.25, 0.3) is 0 Å². The molecule has 30 heavy (non-hydrogen) atoms. The first-order valence-electron chi connectivity index (χ1n) is 8.62. The molecule has 2 aromatic heterocycles. The Balaban J connectivity index is 1.82. The maximum atomic E-state index is 12.9. The average molecular weight is 444 g/mol. The number of nitrogens with one attached hydrogen (secondary N) is 2. The zero-order valence-corrected chi connectivity index (χ0v) is 17.4. The summed E-state index contributed by atoms with van der Waals surface area (Å²) >= 11 is 1.21. The van der Waals surface area contributed by atoms with Gasteiger partial charge in [0, 0.05) is 42.1 Å². The maximum Gasteiger partial charge on any atom is 0.271 e. The van der Waals surface area contributed by atoms with E-state index in [0.29, 0.717) is 16.3 Å². The van der Waals surface area contributed by atoms with E-state index < -0.39 is 21.5 Å². The fourth-order valence-corrected chi connectivity index (χ4v) is 4.40. The Morgan fingerprint density at radius 1 is 1.07 bits per heavy atom. The monoisotopic (exact) mass is 443 g/mol. The molecule has 0 saturated carbocycles. The van der Waals surface area contributed by atoms with Crippen molar-refractivity contribution in [1.29, 1.82) is 0 Å². The van der Waals surface area contributed by atoms with Gasteiger partial charge in [-0.15, -0.1) is 11.3 Å². The van der Waals surface area contributed by atoms with Gasteiger partial charge >= 0.3 is 0 Å². The predicted molar refractivity (Wildman–Crippen MR) is 113 cm³/mol. The van der Waals surface area contributed by atoms with E-state index in [-0.39, 0.29) is 16.5 Å². The molecule has 0 saturated heterocycles. The number of rotatable bonds is 7. The minimum Gasteiger partial charge on any atom is -0.326 e. The van der Waals surface area contributed by atoms with E-state index in [0.717, 1.165) is 0 Å². The summed E-state index contributed by atoms with van der Waals surface area (Å²) in [6.45, 7) is 1.36. The molecule has 0 atom stereocenters. The zero-order chi connectivity index (χ0) is 21.6. The Bertz CT molecular complexity index is 1160. The van der Waals surface area contributed by atoms with Gasteiger partial charge in [0.1, 0.15) is 16.5 Å². The van der Waals surface area contributed by atoms with E-state index in [4.69, 9.17) is 0 Å². The highest BCUT2D eigenvalue weighted by Gasteiger charge is 2.21. The van der Waals surface area contributed by atoms with Gasteiger partial charge in [-0.05, 0) is 36.4 Å². The Kier molecular flexibility index (Phi) is 6.65. The van der Waals surface area contributed by atoms with Crippen LogP contribution in [0, 0.1) is 0 Å². The van der Waals surface area contributed by atoms with Crippen molar-refractivity contribution in [2.45, 2.75) is 11.8 Å². The number of hydrazone groups is 1. The molecule has 2 N–H and O–H groups in total. The molecule has 2 heterocycles. The molecule has 0 fully saturated rings. The van der Waals surface area contributed by atoms with Crippen molar-refractivity contribution in [3.8, 4) is 0 Å². The molecule has 0 aliphatic rings. The van der Waals surface area contributed by atoms with Crippen LogP contribution in [0.1, 0.15) is 22.3 Å². The fraction of sp³-hybridized carbons (Fsp3) is 0.105. The zero-order valence-electron chi connectivity index (χ0n) is 15.8. The lowest BCUT2D eigenvalue weighted by Gasteiger charge is -2.08. The standard InChI is InChI=1S/C19H17N5O4S2/c1-13(25)22-15-2-4-16(5-3-15)30(27,28)12-17(19-21-10-11-29-19)23-24-18(26)14-6-8-20-9-7-14/h2-11H,12H2,1H3,(H,22,25)(H,24,26)/b23-17-.